The van der Waals surface area contributed by atoms with Gasteiger partial charge in [-0.25, -0.2) is 4.79 Å². The molecule has 0 saturated carbocycles. The molecule has 0 aliphatic heterocycles. The number of benzene rings is 2. The van der Waals surface area contributed by atoms with Gasteiger partial charge in [0.15, 0.2) is 0 Å². The van der Waals surface area contributed by atoms with Crippen molar-refractivity contribution in [3.8, 4) is 11.1 Å². The minimum Gasteiger partial charge on any atom is -0.448 e. The molecule has 1 aliphatic rings. The van der Waals surface area contributed by atoms with Crippen molar-refractivity contribution in [2.75, 3.05) is 25.5 Å². The van der Waals surface area contributed by atoms with Gasteiger partial charge in [-0.15, -0.1) is 0 Å². The van der Waals surface area contributed by atoms with Crippen LogP contribution < -0.4 is 0 Å². The second kappa shape index (κ2) is 9.22. The second-order valence-electron chi connectivity index (χ2n) is 6.83. The van der Waals surface area contributed by atoms with Crippen molar-refractivity contribution >= 4 is 22.0 Å². The monoisotopic (exact) mass is 415 g/mol. The number of fused-ring (bicyclic) bond motifs is 3. The summed E-state index contributed by atoms with van der Waals surface area (Å²) in [6.07, 6.45) is 4.32. The number of rotatable bonds is 8. The van der Waals surface area contributed by atoms with Crippen LogP contribution in [0.1, 0.15) is 42.7 Å². The summed E-state index contributed by atoms with van der Waals surface area (Å²) in [7, 11) is 1.82. The summed E-state index contributed by atoms with van der Waals surface area (Å²) in [6, 6.07) is 16.8. The first-order valence-electron chi connectivity index (χ1n) is 9.34. The Labute approximate surface area is 164 Å². The summed E-state index contributed by atoms with van der Waals surface area (Å²) in [5, 5.41) is 1.05. The largest absolute Gasteiger partial charge is 0.448 e. The third kappa shape index (κ3) is 4.29. The number of hydrogen-bond donors (Lipinski definition) is 0. The number of unbranched alkanes of at least 4 members (excludes halogenated alkanes) is 3. The number of carbonyl (C=O) groups excluding carboxylic acids is 1. The van der Waals surface area contributed by atoms with Gasteiger partial charge in [0.1, 0.15) is 6.61 Å². The molecular weight excluding hydrogens is 390 g/mol. The Morgan fingerprint density at radius 2 is 1.54 bits per heavy atom. The third-order valence-electron chi connectivity index (χ3n) is 5.02. The smallest absolute Gasteiger partial charge is 0.409 e. The highest BCUT2D eigenvalue weighted by Crippen LogP contribution is 2.44. The van der Waals surface area contributed by atoms with Crippen molar-refractivity contribution < 1.29 is 9.53 Å². The van der Waals surface area contributed by atoms with Crippen molar-refractivity contribution in [2.45, 2.75) is 31.6 Å². The lowest BCUT2D eigenvalue weighted by molar-refractivity contribution is 0.108. The zero-order chi connectivity index (χ0) is 18.4. The Hall–Kier alpha value is -1.81. The highest BCUT2D eigenvalue weighted by atomic mass is 79.9. The van der Waals surface area contributed by atoms with Crippen LogP contribution in [-0.2, 0) is 4.74 Å². The zero-order valence-electron chi connectivity index (χ0n) is 15.3. The topological polar surface area (TPSA) is 29.5 Å². The lowest BCUT2D eigenvalue weighted by Gasteiger charge is -2.19. The minimum atomic E-state index is -0.229. The average molecular weight is 416 g/mol. The molecule has 3 rings (SSSR count). The van der Waals surface area contributed by atoms with Crippen molar-refractivity contribution in [3.05, 3.63) is 59.7 Å². The molecule has 0 aromatic heterocycles. The molecule has 0 unspecified atom stereocenters. The normalized spacial score (nSPS) is 12.5. The predicted molar refractivity (Wildman–Crippen MR) is 110 cm³/mol. The van der Waals surface area contributed by atoms with Gasteiger partial charge in [0, 0.05) is 24.8 Å². The number of nitrogens with zero attached hydrogens (tertiary/aromatic N) is 1. The van der Waals surface area contributed by atoms with Gasteiger partial charge < -0.3 is 9.64 Å². The lowest BCUT2D eigenvalue weighted by Crippen LogP contribution is -2.29. The predicted octanol–water partition coefficient (Wildman–Crippen LogP) is 5.82. The van der Waals surface area contributed by atoms with E-state index in [2.05, 4.69) is 64.5 Å². The van der Waals surface area contributed by atoms with Crippen molar-refractivity contribution in [3.63, 3.8) is 0 Å². The van der Waals surface area contributed by atoms with Crippen molar-refractivity contribution in [2.24, 2.45) is 0 Å². The van der Waals surface area contributed by atoms with Crippen LogP contribution in [0.4, 0.5) is 4.79 Å². The van der Waals surface area contributed by atoms with Gasteiger partial charge in [-0.2, -0.15) is 0 Å². The van der Waals surface area contributed by atoms with E-state index in [1.165, 1.54) is 35.1 Å². The molecule has 2 aromatic carbocycles. The van der Waals surface area contributed by atoms with E-state index in [9.17, 15) is 4.79 Å². The van der Waals surface area contributed by atoms with Crippen molar-refractivity contribution in [1.29, 1.82) is 0 Å². The van der Waals surface area contributed by atoms with Gasteiger partial charge in [-0.1, -0.05) is 77.3 Å². The van der Waals surface area contributed by atoms with E-state index < -0.39 is 0 Å². The maximum atomic E-state index is 12.3. The highest BCUT2D eigenvalue weighted by molar-refractivity contribution is 9.09. The summed E-state index contributed by atoms with van der Waals surface area (Å²) in [4.78, 5) is 14.0. The molecule has 0 atom stereocenters. The van der Waals surface area contributed by atoms with Gasteiger partial charge >= 0.3 is 6.09 Å². The maximum absolute atomic E-state index is 12.3. The highest BCUT2D eigenvalue weighted by Gasteiger charge is 2.29. The Balaban J connectivity index is 1.57. The fourth-order valence-electron chi connectivity index (χ4n) is 3.59. The van der Waals surface area contributed by atoms with E-state index in [0.717, 1.165) is 24.7 Å². The SMILES string of the molecule is CN(CCCCCCBr)C(=O)OCC1c2ccccc2-c2ccccc21. The van der Waals surface area contributed by atoms with E-state index in [1.54, 1.807) is 4.90 Å². The van der Waals surface area contributed by atoms with E-state index in [0.29, 0.717) is 6.61 Å². The van der Waals surface area contributed by atoms with E-state index in [1.807, 2.05) is 7.05 Å². The summed E-state index contributed by atoms with van der Waals surface area (Å²) in [5.41, 5.74) is 5.01. The summed E-state index contributed by atoms with van der Waals surface area (Å²) in [5.74, 6) is 0.124. The van der Waals surface area contributed by atoms with Gasteiger partial charge in [0.05, 0.1) is 0 Å². The number of amides is 1. The van der Waals surface area contributed by atoms with E-state index in [-0.39, 0.29) is 12.0 Å². The number of alkyl halides is 1. The molecule has 1 amide bonds. The Kier molecular flexibility index (Phi) is 6.73. The fourth-order valence-corrected chi connectivity index (χ4v) is 3.99. The summed E-state index contributed by atoms with van der Waals surface area (Å²) in [6.45, 7) is 1.14. The van der Waals surface area contributed by atoms with Gasteiger partial charge in [-0.05, 0) is 35.1 Å². The Morgan fingerprint density at radius 1 is 0.962 bits per heavy atom. The molecule has 0 bridgehead atoms. The van der Waals surface area contributed by atoms with Crippen LogP contribution in [0.5, 0.6) is 0 Å². The fraction of sp³-hybridized carbons (Fsp3) is 0.409. The molecule has 0 N–H and O–H groups in total. The molecule has 0 saturated heterocycles. The quantitative estimate of drug-likeness (QED) is 0.401. The number of carbonyl (C=O) groups is 1. The number of ether oxygens (including phenoxy) is 1. The molecule has 0 heterocycles. The van der Waals surface area contributed by atoms with Crippen LogP contribution in [0.2, 0.25) is 0 Å². The molecule has 0 spiro atoms. The number of hydrogen-bond acceptors (Lipinski definition) is 2. The molecule has 3 nitrogen and oxygen atoms in total. The Bertz CT molecular complexity index is 701. The molecule has 0 radical (unpaired) electrons. The second-order valence-corrected chi connectivity index (χ2v) is 7.62. The lowest BCUT2D eigenvalue weighted by atomic mass is 9.98. The summed E-state index contributed by atoms with van der Waals surface area (Å²) >= 11 is 3.44. The maximum Gasteiger partial charge on any atom is 0.409 e. The Morgan fingerprint density at radius 3 is 2.15 bits per heavy atom. The first-order chi connectivity index (χ1) is 12.7. The summed E-state index contributed by atoms with van der Waals surface area (Å²) < 4.78 is 5.66. The van der Waals surface area contributed by atoms with Crippen LogP contribution >= 0.6 is 15.9 Å². The van der Waals surface area contributed by atoms with Gasteiger partial charge in [-0.3, -0.25) is 0 Å². The zero-order valence-corrected chi connectivity index (χ0v) is 16.9. The first-order valence-corrected chi connectivity index (χ1v) is 10.5. The van der Waals surface area contributed by atoms with Crippen LogP contribution in [0, 0.1) is 0 Å². The molecule has 4 heteroatoms. The molecule has 26 heavy (non-hydrogen) atoms. The minimum absolute atomic E-state index is 0.124. The van der Waals surface area contributed by atoms with Crippen LogP contribution in [0.3, 0.4) is 0 Å². The molecule has 138 valence electrons. The van der Waals surface area contributed by atoms with Crippen LogP contribution in [-0.4, -0.2) is 36.5 Å². The molecule has 0 fully saturated rings. The molecule has 2 aromatic rings. The first kappa shape index (κ1) is 19.0. The van der Waals surface area contributed by atoms with E-state index >= 15 is 0 Å². The number of halogens is 1. The standard InChI is InChI=1S/C22H26BrNO2/c1-24(15-9-3-2-8-14-23)22(25)26-16-21-19-12-6-4-10-17(19)18-11-5-7-13-20(18)21/h4-7,10-13,21H,2-3,8-9,14-16H2,1H3. The average Bonchev–Trinajstić information content (AvgIpc) is 3.00. The van der Waals surface area contributed by atoms with Crippen LogP contribution in [0.25, 0.3) is 11.1 Å². The van der Waals surface area contributed by atoms with E-state index in [4.69, 9.17) is 4.74 Å². The van der Waals surface area contributed by atoms with Crippen LogP contribution in [0.15, 0.2) is 48.5 Å². The molecular formula is C22H26BrNO2. The van der Waals surface area contributed by atoms with Gasteiger partial charge in [0.25, 0.3) is 0 Å². The van der Waals surface area contributed by atoms with Gasteiger partial charge in [0.2, 0.25) is 0 Å². The third-order valence-corrected chi connectivity index (χ3v) is 5.59. The van der Waals surface area contributed by atoms with Crippen molar-refractivity contribution in [1.82, 2.24) is 4.90 Å². The molecule has 1 aliphatic carbocycles.